The molecule has 0 saturated carbocycles. The molecular weight excluding hydrogens is 514 g/mol. The summed E-state index contributed by atoms with van der Waals surface area (Å²) in [6.07, 6.45) is 1.19. The van der Waals surface area contributed by atoms with Crippen LogP contribution in [0.2, 0.25) is 0 Å². The van der Waals surface area contributed by atoms with Crippen LogP contribution >= 0.6 is 0 Å². The zero-order valence-corrected chi connectivity index (χ0v) is 22.5. The number of aryl methyl sites for hydroxylation is 2. The van der Waals surface area contributed by atoms with Gasteiger partial charge in [0.1, 0.15) is 29.8 Å². The molecule has 1 aliphatic rings. The van der Waals surface area contributed by atoms with Crippen LogP contribution in [0.25, 0.3) is 22.4 Å². The predicted molar refractivity (Wildman–Crippen MR) is 150 cm³/mol. The van der Waals surface area contributed by atoms with E-state index >= 15 is 0 Å². The van der Waals surface area contributed by atoms with Gasteiger partial charge in [-0.1, -0.05) is 17.7 Å². The third-order valence-electron chi connectivity index (χ3n) is 6.79. The van der Waals surface area contributed by atoms with E-state index in [1.807, 2.05) is 32.0 Å². The molecule has 2 aromatic carbocycles. The van der Waals surface area contributed by atoms with Gasteiger partial charge in [0.05, 0.1) is 27.8 Å². The summed E-state index contributed by atoms with van der Waals surface area (Å²) in [6, 6.07) is 10.7. The number of methoxy groups -OCH3 is 1. The predicted octanol–water partition coefficient (Wildman–Crippen LogP) is 3.02. The molecule has 1 atom stereocenters. The van der Waals surface area contributed by atoms with Crippen LogP contribution in [0.1, 0.15) is 38.3 Å². The minimum absolute atomic E-state index is 0.0656. The smallest absolute Gasteiger partial charge is 0.261 e. The second-order valence-corrected chi connectivity index (χ2v) is 9.82. The van der Waals surface area contributed by atoms with Gasteiger partial charge in [0.2, 0.25) is 0 Å². The number of hydrogen-bond acceptors (Lipinski definition) is 8. The van der Waals surface area contributed by atoms with Gasteiger partial charge in [-0.2, -0.15) is 0 Å². The number of aliphatic hydroxyl groups is 1. The Morgan fingerprint density at radius 3 is 2.60 bits per heavy atom. The van der Waals surface area contributed by atoms with Crippen molar-refractivity contribution < 1.29 is 24.2 Å². The number of H-pyrrole nitrogens is 2. The van der Waals surface area contributed by atoms with Crippen LogP contribution in [0.3, 0.4) is 0 Å². The Balaban J connectivity index is 1.33. The maximum atomic E-state index is 12.9. The number of rotatable bonds is 11. The van der Waals surface area contributed by atoms with Gasteiger partial charge in [-0.25, -0.2) is 4.98 Å². The molecule has 0 bridgehead atoms. The molecule has 0 aliphatic carbocycles. The number of hydrogen-bond donors (Lipinski definition) is 4. The summed E-state index contributed by atoms with van der Waals surface area (Å²) < 4.78 is 10.8. The molecule has 4 N–H and O–H groups in total. The molecular formula is C29H31N5O6. The molecule has 3 heterocycles. The van der Waals surface area contributed by atoms with E-state index in [0.717, 1.165) is 11.1 Å². The second kappa shape index (κ2) is 11.3. The first-order valence-corrected chi connectivity index (χ1v) is 13.0. The molecule has 208 valence electrons. The number of carbonyl (C=O) groups is 2. The standard InChI is InChI=1S/C29H31N5O6/c1-16-5-6-24(17(2)11-16)40-15-18(35)14-31-21-7-8-30-27(36)25(21)26-32-22-12-19-20(13-23(22)33-26)29(38)34(28(19)37)9-4-10-39-3/h5-8,11-13,18,35H,4,9-10,14-15H2,1-3H3,(H,32,33)(H2,30,31,36)/t18-/m1/s1. The van der Waals surface area contributed by atoms with Crippen molar-refractivity contribution in [1.82, 2.24) is 19.9 Å². The van der Waals surface area contributed by atoms with E-state index in [1.165, 1.54) is 11.1 Å². The molecule has 11 heteroatoms. The van der Waals surface area contributed by atoms with Crippen molar-refractivity contribution in [2.24, 2.45) is 0 Å². The Hall–Kier alpha value is -4.48. The fourth-order valence-corrected chi connectivity index (χ4v) is 4.78. The Kier molecular flexibility index (Phi) is 7.67. The molecule has 0 fully saturated rings. The number of aliphatic hydroxyl groups excluding tert-OH is 1. The van der Waals surface area contributed by atoms with Gasteiger partial charge in [-0.05, 0) is 50.1 Å². The molecule has 0 radical (unpaired) electrons. The number of anilines is 1. The molecule has 0 unspecified atom stereocenters. The quantitative estimate of drug-likeness (QED) is 0.166. The highest BCUT2D eigenvalue weighted by Gasteiger charge is 2.36. The van der Waals surface area contributed by atoms with E-state index in [0.29, 0.717) is 35.5 Å². The minimum Gasteiger partial charge on any atom is -0.491 e. The Labute approximate surface area is 230 Å². The van der Waals surface area contributed by atoms with Crippen molar-refractivity contribution in [3.63, 3.8) is 0 Å². The topological polar surface area (TPSA) is 150 Å². The summed E-state index contributed by atoms with van der Waals surface area (Å²) in [5.41, 5.74) is 3.94. The third kappa shape index (κ3) is 5.33. The number of aromatic nitrogens is 3. The number of nitrogens with zero attached hydrogens (tertiary/aromatic N) is 2. The first kappa shape index (κ1) is 27.1. The summed E-state index contributed by atoms with van der Waals surface area (Å²) >= 11 is 0. The van der Waals surface area contributed by atoms with Crippen LogP contribution in [0, 0.1) is 13.8 Å². The number of fused-ring (bicyclic) bond motifs is 2. The number of carbonyl (C=O) groups excluding carboxylic acids is 2. The average molecular weight is 546 g/mol. The van der Waals surface area contributed by atoms with Crippen LogP contribution in [-0.2, 0) is 4.74 Å². The van der Waals surface area contributed by atoms with Crippen molar-refractivity contribution in [3.05, 3.63) is 75.2 Å². The molecule has 0 saturated heterocycles. The van der Waals surface area contributed by atoms with E-state index < -0.39 is 11.7 Å². The maximum Gasteiger partial charge on any atom is 0.261 e. The van der Waals surface area contributed by atoms with Crippen LogP contribution in [0.4, 0.5) is 5.69 Å². The first-order valence-electron chi connectivity index (χ1n) is 13.0. The van der Waals surface area contributed by atoms with E-state index in [-0.39, 0.29) is 54.0 Å². The van der Waals surface area contributed by atoms with Crippen molar-refractivity contribution in [1.29, 1.82) is 0 Å². The highest BCUT2D eigenvalue weighted by molar-refractivity contribution is 6.22. The van der Waals surface area contributed by atoms with Gasteiger partial charge in [-0.15, -0.1) is 0 Å². The normalized spacial score (nSPS) is 13.7. The molecule has 2 amide bonds. The van der Waals surface area contributed by atoms with Crippen LogP contribution in [-0.4, -0.2) is 76.3 Å². The second-order valence-electron chi connectivity index (χ2n) is 9.82. The molecule has 40 heavy (non-hydrogen) atoms. The maximum absolute atomic E-state index is 12.9. The number of nitrogens with one attached hydrogen (secondary N) is 3. The van der Waals surface area contributed by atoms with Crippen molar-refractivity contribution in [2.45, 2.75) is 26.4 Å². The highest BCUT2D eigenvalue weighted by Crippen LogP contribution is 2.30. The molecule has 1 aliphatic heterocycles. The zero-order valence-electron chi connectivity index (χ0n) is 22.5. The van der Waals surface area contributed by atoms with Crippen molar-refractivity contribution >= 4 is 28.5 Å². The Bertz CT molecular complexity index is 1590. The third-order valence-corrected chi connectivity index (χ3v) is 6.79. The fraction of sp³-hybridized carbons (Fsp3) is 0.310. The average Bonchev–Trinajstić information content (AvgIpc) is 3.44. The summed E-state index contributed by atoms with van der Waals surface area (Å²) in [5, 5.41) is 13.6. The summed E-state index contributed by atoms with van der Waals surface area (Å²) in [6.45, 7) is 4.85. The van der Waals surface area contributed by atoms with E-state index in [2.05, 4.69) is 20.3 Å². The number of imidazole rings is 1. The zero-order chi connectivity index (χ0) is 28.4. The van der Waals surface area contributed by atoms with Crippen LogP contribution in [0.15, 0.2) is 47.4 Å². The first-order chi connectivity index (χ1) is 19.3. The van der Waals surface area contributed by atoms with Gasteiger partial charge >= 0.3 is 0 Å². The minimum atomic E-state index is -0.852. The number of pyridine rings is 1. The lowest BCUT2D eigenvalue weighted by Crippen LogP contribution is -2.31. The van der Waals surface area contributed by atoms with E-state index in [1.54, 1.807) is 25.3 Å². The van der Waals surface area contributed by atoms with Gasteiger partial charge in [0, 0.05) is 33.0 Å². The monoisotopic (exact) mass is 545 g/mol. The largest absolute Gasteiger partial charge is 0.491 e. The van der Waals surface area contributed by atoms with Gasteiger partial charge in [0.25, 0.3) is 17.4 Å². The summed E-state index contributed by atoms with van der Waals surface area (Å²) in [7, 11) is 1.57. The van der Waals surface area contributed by atoms with Crippen LogP contribution < -0.4 is 15.6 Å². The summed E-state index contributed by atoms with van der Waals surface area (Å²) in [5.74, 6) is 0.220. The van der Waals surface area contributed by atoms with Crippen molar-refractivity contribution in [2.75, 3.05) is 38.7 Å². The number of imide groups is 1. The SMILES string of the molecule is COCCCN1C(=O)c2cc3nc(-c4c(NC[C@@H](O)COc5ccc(C)cc5C)cc[nH]c4=O)[nH]c3cc2C1=O. The summed E-state index contributed by atoms with van der Waals surface area (Å²) in [4.78, 5) is 50.1. The lowest BCUT2D eigenvalue weighted by atomic mass is 10.1. The molecule has 5 rings (SSSR count). The Morgan fingerprint density at radius 1 is 1.07 bits per heavy atom. The van der Waals surface area contributed by atoms with Crippen molar-refractivity contribution in [3.8, 4) is 17.1 Å². The fourth-order valence-electron chi connectivity index (χ4n) is 4.78. The number of benzene rings is 2. The molecule has 2 aromatic heterocycles. The van der Waals surface area contributed by atoms with Gasteiger partial charge in [0.15, 0.2) is 0 Å². The van der Waals surface area contributed by atoms with Gasteiger partial charge < -0.3 is 29.9 Å². The van der Waals surface area contributed by atoms with Gasteiger partial charge in [-0.3, -0.25) is 19.3 Å². The number of ether oxygens (including phenoxy) is 2. The number of aromatic amines is 2. The van der Waals surface area contributed by atoms with Crippen LogP contribution in [0.5, 0.6) is 5.75 Å². The number of amides is 2. The molecule has 0 spiro atoms. The van der Waals surface area contributed by atoms with E-state index in [9.17, 15) is 19.5 Å². The highest BCUT2D eigenvalue weighted by atomic mass is 16.5. The molecule has 4 aromatic rings. The van der Waals surface area contributed by atoms with E-state index in [4.69, 9.17) is 9.47 Å². The molecule has 11 nitrogen and oxygen atoms in total. The Morgan fingerprint density at radius 2 is 1.85 bits per heavy atom. The lowest BCUT2D eigenvalue weighted by molar-refractivity contribution is 0.0638. The lowest BCUT2D eigenvalue weighted by Gasteiger charge is -2.16.